The molecule has 3 rings (SSSR count). The van der Waals surface area contributed by atoms with Crippen molar-refractivity contribution in [2.24, 2.45) is 0 Å². The van der Waals surface area contributed by atoms with Crippen molar-refractivity contribution in [1.82, 2.24) is 4.90 Å². The van der Waals surface area contributed by atoms with Crippen LogP contribution in [0.25, 0.3) is 11.0 Å². The van der Waals surface area contributed by atoms with Crippen LogP contribution in [0.15, 0.2) is 28.7 Å². The lowest BCUT2D eigenvalue weighted by Gasteiger charge is -2.17. The molecule has 1 unspecified atom stereocenters. The third kappa shape index (κ3) is 2.24. The Morgan fingerprint density at radius 1 is 1.42 bits per heavy atom. The molecule has 1 aliphatic rings. The minimum Gasteiger partial charge on any atom is -0.451 e. The molecule has 0 saturated carbocycles. The number of benzene rings is 1. The predicted molar refractivity (Wildman–Crippen MR) is 72.1 cm³/mol. The smallest absolute Gasteiger partial charge is 0.289 e. The second kappa shape index (κ2) is 4.10. The first-order chi connectivity index (χ1) is 8.94. The van der Waals surface area contributed by atoms with E-state index >= 15 is 0 Å². The van der Waals surface area contributed by atoms with Crippen LogP contribution in [0, 0.1) is 6.92 Å². The molecule has 0 aliphatic carbocycles. The van der Waals surface area contributed by atoms with E-state index < -0.39 is 5.60 Å². The number of hydrogen-bond acceptors (Lipinski definition) is 3. The fourth-order valence-electron chi connectivity index (χ4n) is 2.54. The summed E-state index contributed by atoms with van der Waals surface area (Å²) in [5.74, 6) is 0.199. The van der Waals surface area contributed by atoms with Gasteiger partial charge in [0.2, 0.25) is 0 Å². The van der Waals surface area contributed by atoms with Crippen LogP contribution in [0.5, 0.6) is 0 Å². The van der Waals surface area contributed by atoms with E-state index in [0.717, 1.165) is 16.5 Å². The van der Waals surface area contributed by atoms with Gasteiger partial charge in [0, 0.05) is 18.5 Å². The van der Waals surface area contributed by atoms with Gasteiger partial charge in [0.15, 0.2) is 5.76 Å². The number of fused-ring (bicyclic) bond motifs is 1. The molecule has 1 fully saturated rings. The van der Waals surface area contributed by atoms with E-state index in [0.29, 0.717) is 25.3 Å². The van der Waals surface area contributed by atoms with E-state index in [9.17, 15) is 9.90 Å². The molecule has 1 atom stereocenters. The average Bonchev–Trinajstić information content (AvgIpc) is 2.90. The summed E-state index contributed by atoms with van der Waals surface area (Å²) in [6.07, 6.45) is 0.609. The Balaban J connectivity index is 1.90. The minimum absolute atomic E-state index is 0.147. The molecule has 19 heavy (non-hydrogen) atoms. The SMILES string of the molecule is Cc1ccc2oc(C(=O)N3CCC(C)(O)C3)cc2c1. The fourth-order valence-corrected chi connectivity index (χ4v) is 2.54. The number of nitrogens with zero attached hydrogens (tertiary/aromatic N) is 1. The van der Waals surface area contributed by atoms with E-state index in [2.05, 4.69) is 0 Å². The van der Waals surface area contributed by atoms with E-state index in [-0.39, 0.29) is 5.91 Å². The Hall–Kier alpha value is -1.81. The van der Waals surface area contributed by atoms with Gasteiger partial charge in [0.25, 0.3) is 5.91 Å². The molecular formula is C15H17NO3. The number of carbonyl (C=O) groups is 1. The summed E-state index contributed by atoms with van der Waals surface area (Å²) in [5, 5.41) is 10.9. The minimum atomic E-state index is -0.780. The van der Waals surface area contributed by atoms with Crippen molar-refractivity contribution in [3.63, 3.8) is 0 Å². The highest BCUT2D eigenvalue weighted by molar-refractivity contribution is 5.96. The van der Waals surface area contributed by atoms with Crippen molar-refractivity contribution >= 4 is 16.9 Å². The lowest BCUT2D eigenvalue weighted by Crippen LogP contribution is -2.33. The second-order valence-electron chi connectivity index (χ2n) is 5.63. The van der Waals surface area contributed by atoms with Gasteiger partial charge in [-0.25, -0.2) is 0 Å². The van der Waals surface area contributed by atoms with Crippen molar-refractivity contribution in [3.05, 3.63) is 35.6 Å². The highest BCUT2D eigenvalue weighted by Crippen LogP contribution is 2.25. The van der Waals surface area contributed by atoms with Gasteiger partial charge < -0.3 is 14.4 Å². The Bertz CT molecular complexity index is 642. The maximum absolute atomic E-state index is 12.3. The molecule has 0 radical (unpaired) electrons. The first-order valence-corrected chi connectivity index (χ1v) is 6.46. The quantitative estimate of drug-likeness (QED) is 0.855. The monoisotopic (exact) mass is 259 g/mol. The molecule has 1 aromatic heterocycles. The number of aryl methyl sites for hydroxylation is 1. The molecule has 1 N–H and O–H groups in total. The van der Waals surface area contributed by atoms with Gasteiger partial charge in [-0.05, 0) is 38.5 Å². The molecule has 2 heterocycles. The normalized spacial score (nSPS) is 23.2. The van der Waals surface area contributed by atoms with E-state index in [1.165, 1.54) is 0 Å². The largest absolute Gasteiger partial charge is 0.451 e. The Labute approximate surface area is 111 Å². The van der Waals surface area contributed by atoms with Crippen molar-refractivity contribution in [2.75, 3.05) is 13.1 Å². The number of hydrogen-bond donors (Lipinski definition) is 1. The van der Waals surface area contributed by atoms with Gasteiger partial charge in [-0.3, -0.25) is 4.79 Å². The third-order valence-corrected chi connectivity index (χ3v) is 3.62. The van der Waals surface area contributed by atoms with Crippen LogP contribution < -0.4 is 0 Å². The highest BCUT2D eigenvalue weighted by Gasteiger charge is 2.35. The van der Waals surface area contributed by atoms with Crippen molar-refractivity contribution < 1.29 is 14.3 Å². The third-order valence-electron chi connectivity index (χ3n) is 3.62. The zero-order valence-electron chi connectivity index (χ0n) is 11.1. The van der Waals surface area contributed by atoms with Crippen molar-refractivity contribution in [3.8, 4) is 0 Å². The van der Waals surface area contributed by atoms with Crippen LogP contribution in [-0.2, 0) is 0 Å². The summed E-state index contributed by atoms with van der Waals surface area (Å²) in [6.45, 7) is 4.69. The van der Waals surface area contributed by atoms with Gasteiger partial charge in [-0.1, -0.05) is 11.6 Å². The van der Waals surface area contributed by atoms with Crippen LogP contribution in [-0.4, -0.2) is 34.6 Å². The summed E-state index contributed by atoms with van der Waals surface area (Å²) in [6, 6.07) is 7.61. The molecule has 1 amide bonds. The van der Waals surface area contributed by atoms with E-state index in [4.69, 9.17) is 4.42 Å². The molecule has 0 spiro atoms. The fraction of sp³-hybridized carbons (Fsp3) is 0.400. The maximum Gasteiger partial charge on any atom is 0.289 e. The predicted octanol–water partition coefficient (Wildman–Crippen LogP) is 2.34. The van der Waals surface area contributed by atoms with Crippen molar-refractivity contribution in [1.29, 1.82) is 0 Å². The number of likely N-dealkylation sites (tertiary alicyclic amines) is 1. The average molecular weight is 259 g/mol. The van der Waals surface area contributed by atoms with Gasteiger partial charge in [-0.2, -0.15) is 0 Å². The van der Waals surface area contributed by atoms with E-state index in [1.807, 2.05) is 25.1 Å². The van der Waals surface area contributed by atoms with Crippen molar-refractivity contribution in [2.45, 2.75) is 25.9 Å². The molecule has 1 aliphatic heterocycles. The second-order valence-corrected chi connectivity index (χ2v) is 5.63. The summed E-state index contributed by atoms with van der Waals surface area (Å²) >= 11 is 0. The number of furan rings is 1. The molecule has 100 valence electrons. The lowest BCUT2D eigenvalue weighted by molar-refractivity contribution is 0.0556. The first kappa shape index (κ1) is 12.2. The molecule has 1 aromatic carbocycles. The highest BCUT2D eigenvalue weighted by atomic mass is 16.3. The molecular weight excluding hydrogens is 242 g/mol. The summed E-state index contributed by atoms with van der Waals surface area (Å²) < 4.78 is 5.59. The number of carbonyl (C=O) groups excluding carboxylic acids is 1. The number of rotatable bonds is 1. The van der Waals surface area contributed by atoms with E-state index in [1.54, 1.807) is 17.9 Å². The Morgan fingerprint density at radius 2 is 2.21 bits per heavy atom. The standard InChI is InChI=1S/C15H17NO3/c1-10-3-4-12-11(7-10)8-13(19-12)14(17)16-6-5-15(2,18)9-16/h3-4,7-8,18H,5-6,9H2,1-2H3. The van der Waals surface area contributed by atoms with Crippen LogP contribution >= 0.6 is 0 Å². The van der Waals surface area contributed by atoms with Gasteiger partial charge >= 0.3 is 0 Å². The van der Waals surface area contributed by atoms with Crippen LogP contribution in [0.4, 0.5) is 0 Å². The summed E-state index contributed by atoms with van der Waals surface area (Å²) in [7, 11) is 0. The molecule has 1 saturated heterocycles. The van der Waals surface area contributed by atoms with Gasteiger partial charge in [0.1, 0.15) is 5.58 Å². The lowest BCUT2D eigenvalue weighted by atomic mass is 10.1. The van der Waals surface area contributed by atoms with Gasteiger partial charge in [-0.15, -0.1) is 0 Å². The molecule has 0 bridgehead atoms. The zero-order chi connectivity index (χ0) is 13.6. The molecule has 2 aromatic rings. The maximum atomic E-state index is 12.3. The molecule has 4 nitrogen and oxygen atoms in total. The topological polar surface area (TPSA) is 53.7 Å². The first-order valence-electron chi connectivity index (χ1n) is 6.46. The van der Waals surface area contributed by atoms with Gasteiger partial charge in [0.05, 0.1) is 5.60 Å². The number of β-amino-alcohol motifs (C(OH)–C–C–N with tert-alkyl or cyclic N) is 1. The van der Waals surface area contributed by atoms with Crippen LogP contribution in [0.1, 0.15) is 29.5 Å². The summed E-state index contributed by atoms with van der Waals surface area (Å²) in [4.78, 5) is 14.0. The number of aliphatic hydroxyl groups is 1. The van der Waals surface area contributed by atoms with Crippen LogP contribution in [0.2, 0.25) is 0 Å². The summed E-state index contributed by atoms with van der Waals surface area (Å²) in [5.41, 5.74) is 1.08. The molecule has 4 heteroatoms. The zero-order valence-corrected chi connectivity index (χ0v) is 11.1. The van der Waals surface area contributed by atoms with Crippen LogP contribution in [0.3, 0.4) is 0 Å². The Kier molecular flexibility index (Phi) is 2.64. The Morgan fingerprint density at radius 3 is 2.89 bits per heavy atom. The number of amides is 1.